The molecule has 0 aromatic rings. The first-order valence-electron chi connectivity index (χ1n) is 13.9. The molecule has 0 aromatic heterocycles. The Morgan fingerprint density at radius 3 is 2.39 bits per heavy atom. The third-order valence-electron chi connectivity index (χ3n) is 11.6. The molecular formula is C29H50O2. The molecule has 0 saturated heterocycles. The van der Waals surface area contributed by atoms with Gasteiger partial charge in [0, 0.05) is 18.9 Å². The van der Waals surface area contributed by atoms with E-state index < -0.39 is 0 Å². The van der Waals surface area contributed by atoms with Crippen LogP contribution in [0.25, 0.3) is 0 Å². The molecule has 9 atom stereocenters. The lowest BCUT2D eigenvalue weighted by Crippen LogP contribution is -2.56. The summed E-state index contributed by atoms with van der Waals surface area (Å²) in [6.07, 6.45) is 14.8. The summed E-state index contributed by atoms with van der Waals surface area (Å²) in [5.74, 6) is 5.70. The lowest BCUT2D eigenvalue weighted by molar-refractivity contribution is -0.154. The highest BCUT2D eigenvalue weighted by molar-refractivity contribution is 5.83. The van der Waals surface area contributed by atoms with E-state index in [1.165, 1.54) is 64.2 Å². The predicted molar refractivity (Wildman–Crippen MR) is 129 cm³/mol. The lowest BCUT2D eigenvalue weighted by Gasteiger charge is -2.60. The lowest BCUT2D eigenvalue weighted by atomic mass is 9.44. The topological polar surface area (TPSA) is 37.3 Å². The van der Waals surface area contributed by atoms with Crippen LogP contribution in [0.4, 0.5) is 0 Å². The number of aliphatic hydroxyl groups excluding tert-OH is 1. The number of hydrogen-bond acceptors (Lipinski definition) is 2. The van der Waals surface area contributed by atoms with Crippen LogP contribution in [-0.4, -0.2) is 17.5 Å². The van der Waals surface area contributed by atoms with E-state index in [4.69, 9.17) is 0 Å². The van der Waals surface area contributed by atoms with E-state index in [1.807, 2.05) is 0 Å². The maximum absolute atomic E-state index is 13.3. The monoisotopic (exact) mass is 430 g/mol. The van der Waals surface area contributed by atoms with E-state index in [2.05, 4.69) is 34.6 Å². The van der Waals surface area contributed by atoms with Crippen molar-refractivity contribution in [3.63, 3.8) is 0 Å². The minimum absolute atomic E-state index is 0.277. The highest BCUT2D eigenvalue weighted by Crippen LogP contribution is 2.67. The van der Waals surface area contributed by atoms with E-state index in [0.717, 1.165) is 30.6 Å². The molecule has 0 heterocycles. The van der Waals surface area contributed by atoms with Crippen molar-refractivity contribution in [2.75, 3.05) is 6.61 Å². The smallest absolute Gasteiger partial charge is 0.136 e. The fraction of sp³-hybridized carbons (Fsp3) is 0.966. The minimum atomic E-state index is 0.277. The largest absolute Gasteiger partial charge is 0.396 e. The molecule has 4 rings (SSSR count). The first-order chi connectivity index (χ1) is 14.8. The van der Waals surface area contributed by atoms with Gasteiger partial charge in [0.05, 0.1) is 0 Å². The summed E-state index contributed by atoms with van der Waals surface area (Å²) >= 11 is 0. The number of ketones is 1. The van der Waals surface area contributed by atoms with Gasteiger partial charge in [-0.15, -0.1) is 0 Å². The Labute approximate surface area is 192 Å². The Bertz CT molecular complexity index is 641. The van der Waals surface area contributed by atoms with Crippen LogP contribution in [0.5, 0.6) is 0 Å². The van der Waals surface area contributed by atoms with Crippen molar-refractivity contribution in [2.24, 2.45) is 58.2 Å². The van der Waals surface area contributed by atoms with Gasteiger partial charge in [-0.3, -0.25) is 4.79 Å². The van der Waals surface area contributed by atoms with Crippen molar-refractivity contribution >= 4 is 5.78 Å². The third-order valence-corrected chi connectivity index (χ3v) is 11.6. The molecule has 4 aliphatic rings. The molecule has 0 aliphatic heterocycles. The highest BCUT2D eigenvalue weighted by atomic mass is 16.3. The Hall–Kier alpha value is -0.370. The number of carbonyl (C=O) groups is 1. The normalized spacial score (nSPS) is 44.5. The van der Waals surface area contributed by atoms with Crippen molar-refractivity contribution < 1.29 is 9.90 Å². The average molecular weight is 431 g/mol. The summed E-state index contributed by atoms with van der Waals surface area (Å²) in [5.41, 5.74) is 0.617. The van der Waals surface area contributed by atoms with Crippen molar-refractivity contribution in [3.05, 3.63) is 0 Å². The van der Waals surface area contributed by atoms with Gasteiger partial charge < -0.3 is 5.11 Å². The highest BCUT2D eigenvalue weighted by Gasteiger charge is 2.62. The Balaban J connectivity index is 1.51. The van der Waals surface area contributed by atoms with Crippen LogP contribution in [-0.2, 0) is 4.79 Å². The van der Waals surface area contributed by atoms with Gasteiger partial charge >= 0.3 is 0 Å². The number of Topliss-reactive ketones (excluding diaryl/α,β-unsaturated/α-hetero) is 1. The van der Waals surface area contributed by atoms with Gasteiger partial charge in [-0.1, -0.05) is 53.9 Å². The number of carbonyl (C=O) groups excluding carboxylic acids is 1. The number of fused-ring (bicyclic) bond motifs is 5. The second kappa shape index (κ2) is 9.11. The fourth-order valence-electron chi connectivity index (χ4n) is 9.77. The van der Waals surface area contributed by atoms with E-state index in [9.17, 15) is 9.90 Å². The van der Waals surface area contributed by atoms with E-state index >= 15 is 0 Å². The summed E-state index contributed by atoms with van der Waals surface area (Å²) in [6, 6.07) is 0. The quantitative estimate of drug-likeness (QED) is 0.460. The molecule has 0 bridgehead atoms. The van der Waals surface area contributed by atoms with Crippen molar-refractivity contribution in [1.29, 1.82) is 0 Å². The van der Waals surface area contributed by atoms with Crippen molar-refractivity contribution in [2.45, 2.75) is 112 Å². The van der Waals surface area contributed by atoms with Crippen LogP contribution in [0.3, 0.4) is 0 Å². The van der Waals surface area contributed by atoms with Gasteiger partial charge in [0.2, 0.25) is 0 Å². The molecule has 2 nitrogen and oxygen atoms in total. The van der Waals surface area contributed by atoms with Gasteiger partial charge in [-0.2, -0.15) is 0 Å². The maximum Gasteiger partial charge on any atom is 0.136 e. The Kier molecular flexibility index (Phi) is 6.99. The maximum atomic E-state index is 13.3. The standard InChI is InChI=1S/C29H50O2/c1-6-20(19(2)3)10-11-21(18-30)23-12-13-24-22-17-27(31)26-9-7-8-15-28(26,4)25(22)14-16-29(23,24)5/h19-26,30H,6-18H2,1-5H3/t20-,21+,22+,23-,24+,25+,26?,28-,29-/m1/s1. The van der Waals surface area contributed by atoms with E-state index in [1.54, 1.807) is 0 Å². The summed E-state index contributed by atoms with van der Waals surface area (Å²) < 4.78 is 0. The zero-order valence-electron chi connectivity index (χ0n) is 21.2. The molecule has 4 saturated carbocycles. The Morgan fingerprint density at radius 2 is 1.71 bits per heavy atom. The summed E-state index contributed by atoms with van der Waals surface area (Å²) in [6.45, 7) is 12.5. The number of aliphatic hydroxyl groups is 1. The first kappa shape index (κ1) is 23.8. The molecule has 178 valence electrons. The zero-order valence-corrected chi connectivity index (χ0v) is 21.2. The summed E-state index contributed by atoms with van der Waals surface area (Å²) in [7, 11) is 0. The summed E-state index contributed by atoms with van der Waals surface area (Å²) in [4.78, 5) is 13.3. The average Bonchev–Trinajstić information content (AvgIpc) is 3.08. The number of hydrogen-bond donors (Lipinski definition) is 1. The van der Waals surface area contributed by atoms with Crippen LogP contribution < -0.4 is 0 Å². The molecule has 1 N–H and O–H groups in total. The van der Waals surface area contributed by atoms with Crippen LogP contribution >= 0.6 is 0 Å². The Morgan fingerprint density at radius 1 is 0.968 bits per heavy atom. The molecule has 2 heteroatoms. The second-order valence-corrected chi connectivity index (χ2v) is 13.0. The molecule has 0 amide bonds. The molecule has 4 aliphatic carbocycles. The van der Waals surface area contributed by atoms with Gasteiger partial charge in [0.1, 0.15) is 5.78 Å². The zero-order chi connectivity index (χ0) is 22.4. The molecule has 31 heavy (non-hydrogen) atoms. The second-order valence-electron chi connectivity index (χ2n) is 13.0. The van der Waals surface area contributed by atoms with E-state index in [-0.39, 0.29) is 5.41 Å². The van der Waals surface area contributed by atoms with Gasteiger partial charge in [-0.05, 0) is 104 Å². The van der Waals surface area contributed by atoms with Crippen LogP contribution in [0, 0.1) is 58.2 Å². The SMILES string of the molecule is CC[C@H](CC[C@@H](CO)[C@H]1CC[C@H]2[C@@H]3CC(=O)C4CCCC[C@]4(C)[C@H]3CC[C@]12C)C(C)C. The van der Waals surface area contributed by atoms with Crippen LogP contribution in [0.15, 0.2) is 0 Å². The van der Waals surface area contributed by atoms with Crippen molar-refractivity contribution in [1.82, 2.24) is 0 Å². The predicted octanol–water partition coefficient (Wildman–Crippen LogP) is 7.29. The van der Waals surface area contributed by atoms with Gasteiger partial charge in [0.25, 0.3) is 0 Å². The number of rotatable bonds is 7. The summed E-state index contributed by atoms with van der Waals surface area (Å²) in [5, 5.41) is 10.4. The molecule has 0 aromatic carbocycles. The molecular weight excluding hydrogens is 380 g/mol. The van der Waals surface area contributed by atoms with Crippen LogP contribution in [0.2, 0.25) is 0 Å². The first-order valence-corrected chi connectivity index (χ1v) is 13.9. The molecule has 1 unspecified atom stereocenters. The van der Waals surface area contributed by atoms with E-state index in [0.29, 0.717) is 47.4 Å². The van der Waals surface area contributed by atoms with Crippen LogP contribution in [0.1, 0.15) is 112 Å². The fourth-order valence-corrected chi connectivity index (χ4v) is 9.77. The molecule has 4 fully saturated rings. The minimum Gasteiger partial charge on any atom is -0.396 e. The van der Waals surface area contributed by atoms with Gasteiger partial charge in [-0.25, -0.2) is 0 Å². The van der Waals surface area contributed by atoms with Gasteiger partial charge in [0.15, 0.2) is 0 Å². The molecule has 0 spiro atoms. The van der Waals surface area contributed by atoms with Crippen molar-refractivity contribution in [3.8, 4) is 0 Å². The molecule has 0 radical (unpaired) electrons. The third kappa shape index (κ3) is 3.95.